The van der Waals surface area contributed by atoms with Gasteiger partial charge in [0.15, 0.2) is 0 Å². The lowest BCUT2D eigenvalue weighted by Crippen LogP contribution is -2.41. The minimum atomic E-state index is -3.62. The first-order valence-electron chi connectivity index (χ1n) is 5.77. The molecule has 0 aliphatic heterocycles. The van der Waals surface area contributed by atoms with Gasteiger partial charge >= 0.3 is 0 Å². The summed E-state index contributed by atoms with van der Waals surface area (Å²) >= 11 is 0. The van der Waals surface area contributed by atoms with Gasteiger partial charge in [0.1, 0.15) is 6.04 Å². The zero-order chi connectivity index (χ0) is 13.6. The van der Waals surface area contributed by atoms with Gasteiger partial charge in [-0.1, -0.05) is 44.2 Å². The molecule has 5 nitrogen and oxygen atoms in total. The van der Waals surface area contributed by atoms with E-state index in [0.29, 0.717) is 18.7 Å². The number of benzene rings is 1. The highest BCUT2D eigenvalue weighted by Gasteiger charge is 2.23. The van der Waals surface area contributed by atoms with Crippen molar-refractivity contribution in [1.29, 1.82) is 5.26 Å². The molecule has 0 aromatic heterocycles. The average molecular weight is 267 g/mol. The van der Waals surface area contributed by atoms with Crippen LogP contribution < -0.4 is 4.72 Å². The molecule has 1 aromatic rings. The zero-order valence-corrected chi connectivity index (χ0v) is 11.3. The summed E-state index contributed by atoms with van der Waals surface area (Å²) in [7, 11) is -3.62. The molecule has 0 bridgehead atoms. The molecular formula is C12H17N3O2S. The zero-order valence-electron chi connectivity index (χ0n) is 10.5. The summed E-state index contributed by atoms with van der Waals surface area (Å²) in [6.45, 7) is 4.26. The van der Waals surface area contributed by atoms with Crippen LogP contribution in [0.1, 0.15) is 25.5 Å². The van der Waals surface area contributed by atoms with Crippen LogP contribution in [0.2, 0.25) is 0 Å². The SMILES string of the molecule is CCN(CC)S(=O)(=O)NC(C#N)c1ccccc1. The van der Waals surface area contributed by atoms with Crippen LogP contribution in [-0.2, 0) is 10.2 Å². The van der Waals surface area contributed by atoms with Gasteiger partial charge in [0.25, 0.3) is 10.2 Å². The van der Waals surface area contributed by atoms with Gasteiger partial charge in [-0.15, -0.1) is 0 Å². The fraction of sp³-hybridized carbons (Fsp3) is 0.417. The summed E-state index contributed by atoms with van der Waals surface area (Å²) < 4.78 is 27.7. The van der Waals surface area contributed by atoms with Crippen LogP contribution in [0.3, 0.4) is 0 Å². The van der Waals surface area contributed by atoms with Crippen molar-refractivity contribution in [2.45, 2.75) is 19.9 Å². The van der Waals surface area contributed by atoms with E-state index >= 15 is 0 Å². The Kier molecular flexibility index (Phi) is 5.28. The van der Waals surface area contributed by atoms with Gasteiger partial charge in [-0.3, -0.25) is 0 Å². The van der Waals surface area contributed by atoms with E-state index in [1.807, 2.05) is 12.1 Å². The first-order chi connectivity index (χ1) is 8.55. The molecule has 98 valence electrons. The van der Waals surface area contributed by atoms with Crippen LogP contribution in [0.4, 0.5) is 0 Å². The summed E-state index contributed by atoms with van der Waals surface area (Å²) in [5, 5.41) is 9.07. The van der Waals surface area contributed by atoms with Gasteiger partial charge in [0.2, 0.25) is 0 Å². The number of hydrogen-bond donors (Lipinski definition) is 1. The molecule has 0 fully saturated rings. The molecule has 0 heterocycles. The third-order valence-electron chi connectivity index (χ3n) is 2.57. The second kappa shape index (κ2) is 6.50. The second-order valence-electron chi connectivity index (χ2n) is 3.68. The van der Waals surface area contributed by atoms with Crippen LogP contribution in [0.15, 0.2) is 30.3 Å². The summed E-state index contributed by atoms with van der Waals surface area (Å²) in [4.78, 5) is 0. The molecule has 0 saturated carbocycles. The highest BCUT2D eigenvalue weighted by atomic mass is 32.2. The molecule has 0 spiro atoms. The minimum absolute atomic E-state index is 0.374. The molecule has 1 unspecified atom stereocenters. The average Bonchev–Trinajstić information content (AvgIpc) is 2.38. The first-order valence-corrected chi connectivity index (χ1v) is 7.21. The predicted molar refractivity (Wildman–Crippen MR) is 69.8 cm³/mol. The van der Waals surface area contributed by atoms with Crippen LogP contribution in [-0.4, -0.2) is 25.8 Å². The largest absolute Gasteiger partial charge is 0.280 e. The summed E-state index contributed by atoms with van der Waals surface area (Å²) in [6.07, 6.45) is 0. The quantitative estimate of drug-likeness (QED) is 0.847. The van der Waals surface area contributed by atoms with Crippen molar-refractivity contribution in [3.05, 3.63) is 35.9 Å². The summed E-state index contributed by atoms with van der Waals surface area (Å²) in [6, 6.07) is 9.89. The van der Waals surface area contributed by atoms with Crippen molar-refractivity contribution in [2.24, 2.45) is 0 Å². The highest BCUT2D eigenvalue weighted by Crippen LogP contribution is 2.13. The van der Waals surface area contributed by atoms with Crippen LogP contribution in [0.25, 0.3) is 0 Å². The van der Waals surface area contributed by atoms with Crippen LogP contribution in [0.5, 0.6) is 0 Å². The Bertz CT molecular complexity index is 504. The topological polar surface area (TPSA) is 73.2 Å². The van der Waals surface area contributed by atoms with E-state index in [2.05, 4.69) is 4.72 Å². The third-order valence-corrected chi connectivity index (χ3v) is 4.30. The van der Waals surface area contributed by atoms with Crippen molar-refractivity contribution in [3.8, 4) is 6.07 Å². The Morgan fingerprint density at radius 2 is 1.83 bits per heavy atom. The van der Waals surface area contributed by atoms with E-state index in [1.54, 1.807) is 38.1 Å². The van der Waals surface area contributed by atoms with E-state index in [1.165, 1.54) is 4.31 Å². The predicted octanol–water partition coefficient (Wildman–Crippen LogP) is 1.43. The standard InChI is InChI=1S/C12H17N3O2S/c1-3-15(4-2)18(16,17)14-12(10-13)11-8-6-5-7-9-11/h5-9,12,14H,3-4H2,1-2H3. The van der Waals surface area contributed by atoms with Crippen LogP contribution >= 0.6 is 0 Å². The second-order valence-corrected chi connectivity index (χ2v) is 5.38. The number of nitrogens with one attached hydrogen (secondary N) is 1. The molecule has 1 aromatic carbocycles. The molecule has 6 heteroatoms. The molecule has 1 rings (SSSR count). The van der Waals surface area contributed by atoms with Gasteiger partial charge in [-0.05, 0) is 5.56 Å². The third kappa shape index (κ3) is 3.53. The Morgan fingerprint density at radius 1 is 1.28 bits per heavy atom. The van der Waals surface area contributed by atoms with Crippen molar-refractivity contribution in [3.63, 3.8) is 0 Å². The maximum Gasteiger partial charge on any atom is 0.280 e. The lowest BCUT2D eigenvalue weighted by Gasteiger charge is -2.21. The lowest BCUT2D eigenvalue weighted by molar-refractivity contribution is 0.432. The Hall–Kier alpha value is -1.42. The number of hydrogen-bond acceptors (Lipinski definition) is 3. The molecule has 0 radical (unpaired) electrons. The van der Waals surface area contributed by atoms with E-state index in [-0.39, 0.29) is 0 Å². The van der Waals surface area contributed by atoms with Gasteiger partial charge in [0.05, 0.1) is 6.07 Å². The molecule has 18 heavy (non-hydrogen) atoms. The number of rotatable bonds is 6. The van der Waals surface area contributed by atoms with Gasteiger partial charge in [-0.25, -0.2) is 0 Å². The fourth-order valence-corrected chi connectivity index (χ4v) is 2.92. The molecular weight excluding hydrogens is 250 g/mol. The Morgan fingerprint density at radius 3 is 2.28 bits per heavy atom. The Balaban J connectivity index is 2.92. The lowest BCUT2D eigenvalue weighted by atomic mass is 10.1. The minimum Gasteiger partial charge on any atom is -0.196 e. The maximum atomic E-state index is 12.0. The summed E-state index contributed by atoms with van der Waals surface area (Å²) in [5.41, 5.74) is 0.635. The molecule has 1 atom stereocenters. The monoisotopic (exact) mass is 267 g/mol. The molecule has 0 saturated heterocycles. The van der Waals surface area contributed by atoms with Gasteiger partial charge in [0, 0.05) is 13.1 Å². The molecule has 0 amide bonds. The van der Waals surface area contributed by atoms with Crippen molar-refractivity contribution < 1.29 is 8.42 Å². The number of nitrogens with zero attached hydrogens (tertiary/aromatic N) is 2. The maximum absolute atomic E-state index is 12.0. The van der Waals surface area contributed by atoms with Crippen molar-refractivity contribution in [2.75, 3.05) is 13.1 Å². The first kappa shape index (κ1) is 14.6. The van der Waals surface area contributed by atoms with E-state index in [0.717, 1.165) is 0 Å². The number of nitriles is 1. The normalized spacial score (nSPS) is 13.2. The van der Waals surface area contributed by atoms with Crippen molar-refractivity contribution >= 4 is 10.2 Å². The summed E-state index contributed by atoms with van der Waals surface area (Å²) in [5.74, 6) is 0. The van der Waals surface area contributed by atoms with Gasteiger partial charge in [-0.2, -0.15) is 22.7 Å². The van der Waals surface area contributed by atoms with Crippen molar-refractivity contribution in [1.82, 2.24) is 9.03 Å². The van der Waals surface area contributed by atoms with E-state index in [4.69, 9.17) is 5.26 Å². The van der Waals surface area contributed by atoms with E-state index in [9.17, 15) is 8.42 Å². The van der Waals surface area contributed by atoms with E-state index < -0.39 is 16.3 Å². The highest BCUT2D eigenvalue weighted by molar-refractivity contribution is 7.87. The smallest absolute Gasteiger partial charge is 0.196 e. The molecule has 0 aliphatic rings. The van der Waals surface area contributed by atoms with Gasteiger partial charge < -0.3 is 0 Å². The molecule has 1 N–H and O–H groups in total. The Labute approximate surface area is 108 Å². The van der Waals surface area contributed by atoms with Crippen LogP contribution in [0, 0.1) is 11.3 Å². The fourth-order valence-electron chi connectivity index (χ4n) is 1.60. The molecule has 0 aliphatic carbocycles.